The summed E-state index contributed by atoms with van der Waals surface area (Å²) in [6.07, 6.45) is 9.12. The van der Waals surface area contributed by atoms with E-state index in [2.05, 4.69) is 32.8 Å². The van der Waals surface area contributed by atoms with E-state index in [4.69, 9.17) is 14.2 Å². The van der Waals surface area contributed by atoms with Crippen LogP contribution >= 0.6 is 0 Å². The Bertz CT molecular complexity index is 1130. The maximum atomic E-state index is 14.0. The molecule has 5 fully saturated rings. The summed E-state index contributed by atoms with van der Waals surface area (Å²) in [4.78, 5) is 40.9. The van der Waals surface area contributed by atoms with E-state index >= 15 is 0 Å². The summed E-state index contributed by atoms with van der Waals surface area (Å²) in [5, 5.41) is 20.2. The topological polar surface area (TPSA) is 123 Å². The van der Waals surface area contributed by atoms with Gasteiger partial charge < -0.3 is 29.3 Å². The highest BCUT2D eigenvalue weighted by Gasteiger charge is 2.64. The van der Waals surface area contributed by atoms with Crippen molar-refractivity contribution in [2.24, 2.45) is 58.7 Å². The summed E-state index contributed by atoms with van der Waals surface area (Å²) in [6, 6.07) is 0.263. The zero-order valence-corrected chi connectivity index (χ0v) is 27.0. The summed E-state index contributed by atoms with van der Waals surface area (Å²) in [7, 11) is 4.19. The first-order valence-corrected chi connectivity index (χ1v) is 17.3. The number of hydrogen-bond donors (Lipinski definition) is 2. The van der Waals surface area contributed by atoms with E-state index in [1.807, 2.05) is 0 Å². The Morgan fingerprint density at radius 3 is 2.48 bits per heavy atom. The van der Waals surface area contributed by atoms with Gasteiger partial charge in [0.1, 0.15) is 6.10 Å². The monoisotopic (exact) mass is 615 g/mol. The van der Waals surface area contributed by atoms with Gasteiger partial charge in [-0.1, -0.05) is 32.3 Å². The van der Waals surface area contributed by atoms with Crippen LogP contribution in [0.5, 0.6) is 0 Å². The van der Waals surface area contributed by atoms with Crippen LogP contribution in [0, 0.1) is 58.7 Å². The number of allylic oxidation sites excluding steroid dienone is 1. The lowest BCUT2D eigenvalue weighted by Gasteiger charge is -2.62. The predicted octanol–water partition coefficient (Wildman–Crippen LogP) is 5.52. The standard InChI is InChI=1S/C35H53NO8/c1-19(2)13-21-9-10-23-22-11-12-25-24-16-42-18-35(25,26(22)14-28(37)31(23)30(21)33(38)39)15-29(44-34(40)41)32(24)43-17-27(36(3)4)20-7-5-6-8-20/h14,19-25,27,29-32H,5-13,15-18H2,1-4H3,(H,38,39)(H,40,41)/t21?,22?,23?,24?,25?,27?,29-,30-,31?,32-,35+/m1/s1. The minimum atomic E-state index is -1.30. The Kier molecular flexibility index (Phi) is 9.21. The Balaban J connectivity index is 1.30. The molecule has 6 rings (SSSR count). The van der Waals surface area contributed by atoms with Crippen LogP contribution in [0.1, 0.15) is 78.1 Å². The van der Waals surface area contributed by atoms with Gasteiger partial charge in [-0.25, -0.2) is 4.79 Å². The van der Waals surface area contributed by atoms with Crippen LogP contribution in [0.15, 0.2) is 11.6 Å². The van der Waals surface area contributed by atoms with Crippen molar-refractivity contribution in [3.63, 3.8) is 0 Å². The van der Waals surface area contributed by atoms with E-state index in [0.29, 0.717) is 38.1 Å². The fourth-order valence-corrected chi connectivity index (χ4v) is 11.1. The highest BCUT2D eigenvalue weighted by molar-refractivity contribution is 5.97. The molecule has 44 heavy (non-hydrogen) atoms. The first kappa shape index (κ1) is 32.0. The molecular formula is C35H53NO8. The summed E-state index contributed by atoms with van der Waals surface area (Å²) < 4.78 is 18.7. The minimum Gasteiger partial charge on any atom is -0.481 e. The molecule has 11 atom stereocenters. The van der Waals surface area contributed by atoms with Crippen molar-refractivity contribution in [3.05, 3.63) is 11.6 Å². The number of rotatable bonds is 9. The molecule has 4 saturated carbocycles. The van der Waals surface area contributed by atoms with E-state index in [9.17, 15) is 24.6 Å². The Morgan fingerprint density at radius 1 is 1.07 bits per heavy atom. The molecule has 0 aromatic carbocycles. The lowest BCUT2D eigenvalue weighted by atomic mass is 9.45. The fourth-order valence-electron chi connectivity index (χ4n) is 11.1. The molecule has 9 nitrogen and oxygen atoms in total. The van der Waals surface area contributed by atoms with Crippen molar-refractivity contribution in [2.45, 2.75) is 96.3 Å². The van der Waals surface area contributed by atoms with Gasteiger partial charge in [0.15, 0.2) is 5.78 Å². The molecule has 1 heterocycles. The van der Waals surface area contributed by atoms with Gasteiger partial charge >= 0.3 is 12.1 Å². The molecule has 0 aromatic heterocycles. The quantitative estimate of drug-likeness (QED) is 0.323. The number of nitrogens with zero attached hydrogens (tertiary/aromatic N) is 1. The third-order valence-electron chi connectivity index (χ3n) is 12.8. The Labute approximate surface area is 262 Å². The Morgan fingerprint density at radius 2 is 1.82 bits per heavy atom. The summed E-state index contributed by atoms with van der Waals surface area (Å²) >= 11 is 0. The molecular weight excluding hydrogens is 562 g/mol. The molecule has 0 aromatic rings. The number of aliphatic carboxylic acids is 1. The van der Waals surface area contributed by atoms with Gasteiger partial charge in [-0.05, 0) is 107 Å². The highest BCUT2D eigenvalue weighted by Crippen LogP contribution is 2.64. The maximum Gasteiger partial charge on any atom is 0.506 e. The van der Waals surface area contributed by atoms with Gasteiger partial charge in [0.05, 0.1) is 31.8 Å². The number of ketones is 1. The van der Waals surface area contributed by atoms with Crippen molar-refractivity contribution in [2.75, 3.05) is 33.9 Å². The number of carboxylic acid groups (broad SMARTS) is 2. The lowest BCUT2D eigenvalue weighted by molar-refractivity contribution is -0.220. The van der Waals surface area contributed by atoms with Crippen LogP contribution in [0.4, 0.5) is 4.79 Å². The van der Waals surface area contributed by atoms with Gasteiger partial charge in [-0.3, -0.25) is 9.59 Å². The molecule has 2 N–H and O–H groups in total. The van der Waals surface area contributed by atoms with Gasteiger partial charge in [0.2, 0.25) is 0 Å². The minimum absolute atomic E-state index is 0.00258. The van der Waals surface area contributed by atoms with E-state index in [0.717, 1.165) is 37.7 Å². The molecule has 2 bridgehead atoms. The predicted molar refractivity (Wildman–Crippen MR) is 163 cm³/mol. The van der Waals surface area contributed by atoms with E-state index in [1.54, 1.807) is 6.08 Å². The highest BCUT2D eigenvalue weighted by atomic mass is 16.7. The number of carbonyl (C=O) groups is 3. The first-order valence-electron chi connectivity index (χ1n) is 17.3. The number of carbonyl (C=O) groups excluding carboxylic acids is 1. The van der Waals surface area contributed by atoms with Crippen molar-refractivity contribution in [1.29, 1.82) is 0 Å². The molecule has 5 aliphatic carbocycles. The maximum absolute atomic E-state index is 14.0. The number of carboxylic acids is 1. The molecule has 6 aliphatic rings. The zero-order chi connectivity index (χ0) is 31.3. The van der Waals surface area contributed by atoms with Crippen molar-refractivity contribution >= 4 is 17.9 Å². The van der Waals surface area contributed by atoms with Crippen LogP contribution in [0.2, 0.25) is 0 Å². The third kappa shape index (κ3) is 5.63. The average Bonchev–Trinajstić information content (AvgIpc) is 3.48. The molecule has 0 radical (unpaired) electrons. The Hall–Kier alpha value is -1.97. The first-order chi connectivity index (χ1) is 21.0. The van der Waals surface area contributed by atoms with Gasteiger partial charge in [0, 0.05) is 23.3 Å². The fraction of sp³-hybridized carbons (Fsp3) is 0.857. The molecule has 1 aliphatic heterocycles. The molecule has 246 valence electrons. The molecule has 1 saturated heterocycles. The number of ether oxygens (including phenoxy) is 3. The number of fused-ring (bicyclic) bond motifs is 3. The average molecular weight is 616 g/mol. The largest absolute Gasteiger partial charge is 0.506 e. The van der Waals surface area contributed by atoms with Crippen LogP contribution in [-0.2, 0) is 23.8 Å². The van der Waals surface area contributed by atoms with Crippen LogP contribution in [-0.4, -0.2) is 85.2 Å². The number of likely N-dealkylation sites (N-methyl/N-ethyl adjacent to an activating group) is 1. The van der Waals surface area contributed by atoms with E-state index in [-0.39, 0.29) is 41.4 Å². The van der Waals surface area contributed by atoms with E-state index < -0.39 is 41.6 Å². The molecule has 0 amide bonds. The smallest absolute Gasteiger partial charge is 0.481 e. The van der Waals surface area contributed by atoms with Crippen molar-refractivity contribution in [3.8, 4) is 0 Å². The summed E-state index contributed by atoms with van der Waals surface area (Å²) in [5.74, 6) is -0.784. The van der Waals surface area contributed by atoms with Crippen molar-refractivity contribution in [1.82, 2.24) is 4.90 Å². The number of hydrogen-bond acceptors (Lipinski definition) is 7. The second kappa shape index (κ2) is 12.7. The third-order valence-corrected chi connectivity index (χ3v) is 12.8. The van der Waals surface area contributed by atoms with Crippen LogP contribution in [0.3, 0.4) is 0 Å². The molecule has 0 spiro atoms. The molecule has 9 heteroatoms. The van der Waals surface area contributed by atoms with Gasteiger partial charge in [-0.2, -0.15) is 0 Å². The van der Waals surface area contributed by atoms with E-state index in [1.165, 1.54) is 25.7 Å². The van der Waals surface area contributed by atoms with Gasteiger partial charge in [-0.15, -0.1) is 0 Å². The normalized spacial score (nSPS) is 41.0. The molecule has 7 unspecified atom stereocenters. The summed E-state index contributed by atoms with van der Waals surface area (Å²) in [5.41, 5.74) is 0.581. The van der Waals surface area contributed by atoms with Crippen LogP contribution < -0.4 is 0 Å². The lowest BCUT2D eigenvalue weighted by Crippen LogP contribution is -2.64. The van der Waals surface area contributed by atoms with Crippen LogP contribution in [0.25, 0.3) is 0 Å². The second-order valence-corrected chi connectivity index (χ2v) is 15.6. The SMILES string of the molecule is CC(C)CC1CCC2C3CCC4C5COC[C@]4(C[C@@H](OC(=O)O)[C@@H]5OCC(C4CCCC4)N(C)C)C3=CC(=O)C2[C@@H]1C(=O)O. The second-order valence-electron chi connectivity index (χ2n) is 15.6. The van der Waals surface area contributed by atoms with Crippen molar-refractivity contribution < 1.29 is 38.8 Å². The summed E-state index contributed by atoms with van der Waals surface area (Å²) in [6.45, 7) is 5.70. The zero-order valence-electron chi connectivity index (χ0n) is 27.0. The van der Waals surface area contributed by atoms with Gasteiger partial charge in [0.25, 0.3) is 0 Å².